The van der Waals surface area contributed by atoms with E-state index in [9.17, 15) is 19.7 Å². The minimum atomic E-state index is -0.574. The van der Waals surface area contributed by atoms with Gasteiger partial charge in [-0.15, -0.1) is 0 Å². The number of nitro groups is 1. The van der Waals surface area contributed by atoms with Crippen LogP contribution in [0.4, 0.5) is 22.7 Å². The average molecular weight is 485 g/mol. The van der Waals surface area contributed by atoms with E-state index in [1.54, 1.807) is 12.1 Å². The molecule has 0 bridgehead atoms. The third-order valence-electron chi connectivity index (χ3n) is 7.30. The quantitative estimate of drug-likeness (QED) is 0.299. The highest BCUT2D eigenvalue weighted by atomic mass is 16.6. The van der Waals surface area contributed by atoms with Crippen LogP contribution < -0.4 is 14.7 Å². The minimum Gasteiger partial charge on any atom is -0.368 e. The smallest absolute Gasteiger partial charge is 0.294 e. The monoisotopic (exact) mass is 484 g/mol. The molecule has 2 aliphatic rings. The van der Waals surface area contributed by atoms with Crippen molar-refractivity contribution in [3.63, 3.8) is 0 Å². The molecule has 3 aromatic carbocycles. The van der Waals surface area contributed by atoms with E-state index in [4.69, 9.17) is 0 Å². The molecule has 0 saturated carbocycles. The van der Waals surface area contributed by atoms with Crippen molar-refractivity contribution in [3.8, 4) is 0 Å². The number of hydrogen-bond acceptors (Lipinski definition) is 6. The molecule has 1 unspecified atom stereocenters. The number of carbonyl (C=O) groups is 2. The molecule has 8 heteroatoms. The third-order valence-corrected chi connectivity index (χ3v) is 7.30. The van der Waals surface area contributed by atoms with Crippen LogP contribution >= 0.6 is 0 Å². The van der Waals surface area contributed by atoms with Gasteiger partial charge in [-0.2, -0.15) is 0 Å². The lowest BCUT2D eigenvalue weighted by Gasteiger charge is -2.38. The first-order valence-electron chi connectivity index (χ1n) is 12.1. The van der Waals surface area contributed by atoms with Gasteiger partial charge in [0.2, 0.25) is 11.8 Å². The summed E-state index contributed by atoms with van der Waals surface area (Å²) in [5, 5.41) is 12.0. The van der Waals surface area contributed by atoms with Crippen molar-refractivity contribution >= 4 is 34.6 Å². The van der Waals surface area contributed by atoms with E-state index in [0.717, 1.165) is 23.6 Å². The van der Waals surface area contributed by atoms with Gasteiger partial charge in [0, 0.05) is 44.4 Å². The molecule has 36 heavy (non-hydrogen) atoms. The number of benzene rings is 3. The molecule has 0 N–H and O–H groups in total. The Bertz CT molecular complexity index is 1330. The number of hydrogen-bond donors (Lipinski definition) is 0. The Morgan fingerprint density at radius 2 is 1.50 bits per heavy atom. The summed E-state index contributed by atoms with van der Waals surface area (Å²) in [4.78, 5) is 42.9. The number of imide groups is 1. The molecule has 8 nitrogen and oxygen atoms in total. The summed E-state index contributed by atoms with van der Waals surface area (Å²) in [5.74, 6) is -1.27. The second-order valence-electron chi connectivity index (χ2n) is 9.36. The summed E-state index contributed by atoms with van der Waals surface area (Å²) in [5.41, 5.74) is 5.09. The third kappa shape index (κ3) is 4.19. The van der Waals surface area contributed by atoms with Crippen molar-refractivity contribution in [3.05, 3.63) is 93.5 Å². The van der Waals surface area contributed by atoms with Gasteiger partial charge in [-0.05, 0) is 48.7 Å². The molecule has 5 rings (SSSR count). The first-order chi connectivity index (χ1) is 17.3. The van der Waals surface area contributed by atoms with E-state index in [-0.39, 0.29) is 29.6 Å². The Kier molecular flexibility index (Phi) is 6.18. The second-order valence-corrected chi connectivity index (χ2v) is 9.36. The van der Waals surface area contributed by atoms with Gasteiger partial charge in [-0.3, -0.25) is 19.7 Å². The first-order valence-corrected chi connectivity index (χ1v) is 12.1. The minimum absolute atomic E-state index is 0.0543. The largest absolute Gasteiger partial charge is 0.368 e. The molecule has 1 atom stereocenters. The number of anilines is 3. The van der Waals surface area contributed by atoms with Crippen molar-refractivity contribution in [2.45, 2.75) is 26.2 Å². The van der Waals surface area contributed by atoms with Crippen LogP contribution in [0.15, 0.2) is 66.7 Å². The van der Waals surface area contributed by atoms with Crippen LogP contribution in [-0.2, 0) is 9.59 Å². The van der Waals surface area contributed by atoms with Crippen LogP contribution in [0.25, 0.3) is 0 Å². The summed E-state index contributed by atoms with van der Waals surface area (Å²) < 4.78 is 0. The normalized spacial score (nSPS) is 18.2. The second kappa shape index (κ2) is 9.45. The summed E-state index contributed by atoms with van der Waals surface area (Å²) in [6, 6.07) is 20.1. The maximum Gasteiger partial charge on any atom is 0.294 e. The zero-order chi connectivity index (χ0) is 25.4. The maximum absolute atomic E-state index is 13.1. The van der Waals surface area contributed by atoms with Gasteiger partial charge in [-0.25, -0.2) is 4.90 Å². The zero-order valence-corrected chi connectivity index (χ0v) is 20.4. The van der Waals surface area contributed by atoms with Crippen LogP contribution in [0.2, 0.25) is 0 Å². The van der Waals surface area contributed by atoms with Gasteiger partial charge in [0.25, 0.3) is 5.69 Å². The van der Waals surface area contributed by atoms with Crippen molar-refractivity contribution < 1.29 is 14.5 Å². The van der Waals surface area contributed by atoms with Crippen LogP contribution in [0.5, 0.6) is 0 Å². The van der Waals surface area contributed by atoms with Crippen LogP contribution in [0.3, 0.4) is 0 Å². The average Bonchev–Trinajstić information content (AvgIpc) is 3.19. The van der Waals surface area contributed by atoms with Crippen molar-refractivity contribution in [2.75, 3.05) is 40.9 Å². The molecular weight excluding hydrogens is 456 g/mol. The lowest BCUT2D eigenvalue weighted by molar-refractivity contribution is -0.384. The van der Waals surface area contributed by atoms with E-state index in [1.807, 2.05) is 35.2 Å². The molecule has 3 aromatic rings. The highest BCUT2D eigenvalue weighted by Gasteiger charge is 2.41. The van der Waals surface area contributed by atoms with Gasteiger partial charge < -0.3 is 9.80 Å². The zero-order valence-electron chi connectivity index (χ0n) is 20.4. The molecule has 2 amide bonds. The predicted molar refractivity (Wildman–Crippen MR) is 140 cm³/mol. The number of carbonyl (C=O) groups excluding carboxylic acids is 2. The van der Waals surface area contributed by atoms with Gasteiger partial charge in [0.1, 0.15) is 5.69 Å². The lowest BCUT2D eigenvalue weighted by atomic mass is 9.98. The maximum atomic E-state index is 13.1. The Morgan fingerprint density at radius 1 is 0.833 bits per heavy atom. The number of amides is 2. The van der Waals surface area contributed by atoms with E-state index in [2.05, 4.69) is 36.9 Å². The van der Waals surface area contributed by atoms with Gasteiger partial charge in [0.05, 0.1) is 16.5 Å². The summed E-state index contributed by atoms with van der Waals surface area (Å²) in [6.07, 6.45) is 0.0543. The molecule has 2 saturated heterocycles. The highest BCUT2D eigenvalue weighted by Crippen LogP contribution is 2.38. The number of nitrogens with zero attached hydrogens (tertiary/aromatic N) is 4. The molecule has 2 aliphatic heterocycles. The molecule has 2 heterocycles. The van der Waals surface area contributed by atoms with E-state index >= 15 is 0 Å². The fraction of sp³-hybridized carbons (Fsp3) is 0.286. The lowest BCUT2D eigenvalue weighted by Crippen LogP contribution is -2.47. The van der Waals surface area contributed by atoms with Crippen molar-refractivity contribution in [1.29, 1.82) is 0 Å². The van der Waals surface area contributed by atoms with E-state index in [0.29, 0.717) is 18.8 Å². The molecule has 0 aromatic heterocycles. The van der Waals surface area contributed by atoms with Gasteiger partial charge in [0.15, 0.2) is 0 Å². The summed E-state index contributed by atoms with van der Waals surface area (Å²) in [6.45, 7) is 6.95. The Morgan fingerprint density at radius 3 is 2.17 bits per heavy atom. The molecule has 184 valence electrons. The number of rotatable bonds is 5. The Labute approximate surface area is 209 Å². The summed E-state index contributed by atoms with van der Waals surface area (Å²) in [7, 11) is 0. The summed E-state index contributed by atoms with van der Waals surface area (Å²) >= 11 is 0. The Balaban J connectivity index is 1.37. The fourth-order valence-electron chi connectivity index (χ4n) is 5.18. The number of piperazine rings is 1. The van der Waals surface area contributed by atoms with Crippen molar-refractivity contribution in [1.82, 2.24) is 0 Å². The van der Waals surface area contributed by atoms with E-state index < -0.39 is 10.8 Å². The molecule has 0 aliphatic carbocycles. The predicted octanol–water partition coefficient (Wildman–Crippen LogP) is 4.59. The molecule has 0 radical (unpaired) electrons. The van der Waals surface area contributed by atoms with Crippen LogP contribution in [-0.4, -0.2) is 42.9 Å². The molecule has 2 fully saturated rings. The highest BCUT2D eigenvalue weighted by molar-refractivity contribution is 6.22. The molecule has 0 spiro atoms. The molecular formula is C28H28N4O4. The topological polar surface area (TPSA) is 87.0 Å². The van der Waals surface area contributed by atoms with Crippen LogP contribution in [0, 0.1) is 24.0 Å². The standard InChI is InChI=1S/C28H28N4O4/c1-19-7-6-10-24(20(19)2)29-13-15-30(16-14-29)25-12-11-22(17-26(25)32(35)36)31-27(33)18-23(28(31)34)21-8-4-3-5-9-21/h3-12,17,23H,13-16,18H2,1-2H3. The number of nitro benzene ring substituents is 1. The van der Waals surface area contributed by atoms with Gasteiger partial charge >= 0.3 is 0 Å². The van der Waals surface area contributed by atoms with Gasteiger partial charge in [-0.1, -0.05) is 42.5 Å². The Hall–Kier alpha value is -4.20. The SMILES string of the molecule is Cc1cccc(N2CCN(c3ccc(N4C(=O)CC(c5ccccc5)C4=O)cc3[N+](=O)[O-])CC2)c1C. The van der Waals surface area contributed by atoms with Crippen LogP contribution in [0.1, 0.15) is 29.0 Å². The fourth-order valence-corrected chi connectivity index (χ4v) is 5.18. The van der Waals surface area contributed by atoms with Crippen molar-refractivity contribution in [2.24, 2.45) is 0 Å². The number of aryl methyl sites for hydroxylation is 1. The first kappa shape index (κ1) is 23.5. The van der Waals surface area contributed by atoms with E-state index in [1.165, 1.54) is 22.9 Å².